The van der Waals surface area contributed by atoms with Crippen LogP contribution in [-0.2, 0) is 6.18 Å². The molecule has 0 aliphatic heterocycles. The largest absolute Gasteiger partial charge is 0.416 e. The average Bonchev–Trinajstić information content (AvgIpc) is 2.96. The zero-order valence-electron chi connectivity index (χ0n) is 12.5. The first-order valence-electron chi connectivity index (χ1n) is 6.93. The summed E-state index contributed by atoms with van der Waals surface area (Å²) in [7, 11) is 0. The molecule has 0 aliphatic carbocycles. The molecule has 0 unspecified atom stereocenters. The van der Waals surface area contributed by atoms with Crippen LogP contribution in [0.4, 0.5) is 13.2 Å². The Morgan fingerprint density at radius 3 is 2.13 bits per heavy atom. The van der Waals surface area contributed by atoms with Gasteiger partial charge in [-0.25, -0.2) is 0 Å². The minimum absolute atomic E-state index is 0.189. The van der Waals surface area contributed by atoms with E-state index in [0.29, 0.717) is 11.5 Å². The number of aromatic nitrogens is 2. The van der Waals surface area contributed by atoms with Gasteiger partial charge in [-0.1, -0.05) is 17.7 Å². The van der Waals surface area contributed by atoms with Gasteiger partial charge in [0, 0.05) is 11.1 Å². The van der Waals surface area contributed by atoms with Crippen molar-refractivity contribution in [1.82, 2.24) is 10.2 Å². The van der Waals surface area contributed by atoms with Crippen molar-refractivity contribution in [3.63, 3.8) is 0 Å². The van der Waals surface area contributed by atoms with Gasteiger partial charge >= 0.3 is 6.18 Å². The monoisotopic (exact) mass is 318 g/mol. The summed E-state index contributed by atoms with van der Waals surface area (Å²) in [5.74, 6) is 0.533. The van der Waals surface area contributed by atoms with Crippen molar-refractivity contribution in [2.45, 2.75) is 20.0 Å². The highest BCUT2D eigenvalue weighted by Gasteiger charge is 2.30. The van der Waals surface area contributed by atoms with Crippen LogP contribution >= 0.6 is 0 Å². The van der Waals surface area contributed by atoms with E-state index in [1.54, 1.807) is 0 Å². The normalized spacial score (nSPS) is 11.7. The maximum Gasteiger partial charge on any atom is 0.416 e. The van der Waals surface area contributed by atoms with Gasteiger partial charge in [0.2, 0.25) is 11.8 Å². The molecule has 1 heterocycles. The standard InChI is InChI=1S/C17H13F3N2O/c1-10-3-8-14(11(2)9-10)16-22-21-15(23-16)12-4-6-13(7-5-12)17(18,19)20/h3-9H,1-2H3. The fourth-order valence-electron chi connectivity index (χ4n) is 2.30. The van der Waals surface area contributed by atoms with Gasteiger partial charge in [0.15, 0.2) is 0 Å². The van der Waals surface area contributed by atoms with Crippen LogP contribution in [0.1, 0.15) is 16.7 Å². The van der Waals surface area contributed by atoms with E-state index in [1.165, 1.54) is 12.1 Å². The summed E-state index contributed by atoms with van der Waals surface area (Å²) in [5, 5.41) is 7.91. The van der Waals surface area contributed by atoms with E-state index in [9.17, 15) is 13.2 Å². The minimum Gasteiger partial charge on any atom is -0.416 e. The predicted octanol–water partition coefficient (Wildman–Crippen LogP) is 5.04. The van der Waals surface area contributed by atoms with Gasteiger partial charge < -0.3 is 4.42 Å². The summed E-state index contributed by atoms with van der Waals surface area (Å²) in [6.07, 6.45) is -4.36. The van der Waals surface area contributed by atoms with Crippen molar-refractivity contribution < 1.29 is 17.6 Å². The number of benzene rings is 2. The Morgan fingerprint density at radius 1 is 0.870 bits per heavy atom. The fourth-order valence-corrected chi connectivity index (χ4v) is 2.30. The molecule has 0 N–H and O–H groups in total. The summed E-state index contributed by atoms with van der Waals surface area (Å²) >= 11 is 0. The second-order valence-corrected chi connectivity index (χ2v) is 5.31. The predicted molar refractivity (Wildman–Crippen MR) is 79.6 cm³/mol. The number of hydrogen-bond donors (Lipinski definition) is 0. The van der Waals surface area contributed by atoms with E-state index in [1.807, 2.05) is 32.0 Å². The summed E-state index contributed by atoms with van der Waals surface area (Å²) < 4.78 is 43.3. The molecule has 23 heavy (non-hydrogen) atoms. The quantitative estimate of drug-likeness (QED) is 0.664. The van der Waals surface area contributed by atoms with E-state index >= 15 is 0 Å². The Labute approximate surface area is 130 Å². The van der Waals surface area contributed by atoms with Crippen molar-refractivity contribution in [3.8, 4) is 22.9 Å². The van der Waals surface area contributed by atoms with Crippen LogP contribution in [0.2, 0.25) is 0 Å². The van der Waals surface area contributed by atoms with Crippen molar-refractivity contribution in [2.75, 3.05) is 0 Å². The summed E-state index contributed by atoms with van der Waals surface area (Å²) in [6, 6.07) is 10.5. The summed E-state index contributed by atoms with van der Waals surface area (Å²) in [6.45, 7) is 3.92. The number of nitrogens with zero attached hydrogens (tertiary/aromatic N) is 2. The number of alkyl halides is 3. The molecule has 3 aromatic rings. The molecule has 1 aromatic heterocycles. The molecule has 3 rings (SSSR count). The minimum atomic E-state index is -4.36. The van der Waals surface area contributed by atoms with Crippen LogP contribution in [0.25, 0.3) is 22.9 Å². The molecule has 0 spiro atoms. The molecule has 0 aliphatic rings. The van der Waals surface area contributed by atoms with Crippen molar-refractivity contribution in [1.29, 1.82) is 0 Å². The lowest BCUT2D eigenvalue weighted by atomic mass is 10.1. The van der Waals surface area contributed by atoms with Crippen molar-refractivity contribution >= 4 is 0 Å². The number of hydrogen-bond acceptors (Lipinski definition) is 3. The van der Waals surface area contributed by atoms with Crippen LogP contribution in [0, 0.1) is 13.8 Å². The smallest absolute Gasteiger partial charge is 0.416 e. The Hall–Kier alpha value is -2.63. The zero-order valence-corrected chi connectivity index (χ0v) is 12.5. The number of rotatable bonds is 2. The van der Waals surface area contributed by atoms with E-state index < -0.39 is 11.7 Å². The Morgan fingerprint density at radius 2 is 1.52 bits per heavy atom. The van der Waals surface area contributed by atoms with Crippen LogP contribution in [0.15, 0.2) is 46.9 Å². The van der Waals surface area contributed by atoms with Gasteiger partial charge in [-0.2, -0.15) is 13.2 Å². The van der Waals surface area contributed by atoms with Crippen LogP contribution in [0.5, 0.6) is 0 Å². The molecule has 118 valence electrons. The third kappa shape index (κ3) is 3.11. The SMILES string of the molecule is Cc1ccc(-c2nnc(-c3ccc(C(F)(F)F)cc3)o2)c(C)c1. The van der Waals surface area contributed by atoms with Gasteiger partial charge in [-0.05, 0) is 49.7 Å². The molecule has 0 fully saturated rings. The molecule has 0 saturated carbocycles. The third-order valence-corrected chi connectivity index (χ3v) is 3.50. The van der Waals surface area contributed by atoms with Gasteiger partial charge in [0.05, 0.1) is 5.56 Å². The molecule has 2 aromatic carbocycles. The Balaban J connectivity index is 1.93. The molecule has 0 saturated heterocycles. The fraction of sp³-hybridized carbons (Fsp3) is 0.176. The van der Waals surface area contributed by atoms with Crippen molar-refractivity contribution in [2.24, 2.45) is 0 Å². The lowest BCUT2D eigenvalue weighted by molar-refractivity contribution is -0.137. The lowest BCUT2D eigenvalue weighted by Gasteiger charge is -2.06. The molecule has 0 bridgehead atoms. The Kier molecular flexibility index (Phi) is 3.67. The second-order valence-electron chi connectivity index (χ2n) is 5.31. The van der Waals surface area contributed by atoms with Crippen LogP contribution in [-0.4, -0.2) is 10.2 Å². The molecule has 3 nitrogen and oxygen atoms in total. The molecular formula is C17H13F3N2O. The van der Waals surface area contributed by atoms with E-state index in [4.69, 9.17) is 4.42 Å². The molecule has 0 radical (unpaired) electrons. The van der Waals surface area contributed by atoms with Gasteiger partial charge in [-0.15, -0.1) is 10.2 Å². The topological polar surface area (TPSA) is 38.9 Å². The van der Waals surface area contributed by atoms with E-state index in [2.05, 4.69) is 10.2 Å². The molecule has 6 heteroatoms. The van der Waals surface area contributed by atoms with E-state index in [0.717, 1.165) is 28.8 Å². The lowest BCUT2D eigenvalue weighted by Crippen LogP contribution is -2.03. The summed E-state index contributed by atoms with van der Waals surface area (Å²) in [5.41, 5.74) is 2.65. The highest BCUT2D eigenvalue weighted by Crippen LogP contribution is 2.31. The number of halogens is 3. The highest BCUT2D eigenvalue weighted by molar-refractivity contribution is 5.61. The van der Waals surface area contributed by atoms with Gasteiger partial charge in [0.1, 0.15) is 0 Å². The highest BCUT2D eigenvalue weighted by atomic mass is 19.4. The van der Waals surface area contributed by atoms with E-state index in [-0.39, 0.29) is 5.89 Å². The average molecular weight is 318 g/mol. The zero-order chi connectivity index (χ0) is 16.6. The maximum atomic E-state index is 12.6. The first-order valence-corrected chi connectivity index (χ1v) is 6.93. The van der Waals surface area contributed by atoms with Crippen molar-refractivity contribution in [3.05, 3.63) is 59.2 Å². The first-order chi connectivity index (χ1) is 10.8. The second kappa shape index (κ2) is 5.53. The summed E-state index contributed by atoms with van der Waals surface area (Å²) in [4.78, 5) is 0. The maximum absolute atomic E-state index is 12.6. The Bertz CT molecular complexity index is 836. The molecular weight excluding hydrogens is 305 g/mol. The molecule has 0 amide bonds. The number of aryl methyl sites for hydroxylation is 2. The van der Waals surface area contributed by atoms with Crippen LogP contribution in [0.3, 0.4) is 0 Å². The van der Waals surface area contributed by atoms with Gasteiger partial charge in [0.25, 0.3) is 0 Å². The first kappa shape index (κ1) is 15.3. The third-order valence-electron chi connectivity index (χ3n) is 3.50. The molecule has 0 atom stereocenters. The van der Waals surface area contributed by atoms with Crippen LogP contribution < -0.4 is 0 Å². The van der Waals surface area contributed by atoms with Gasteiger partial charge in [-0.3, -0.25) is 0 Å².